The zero-order valence-electron chi connectivity index (χ0n) is 11.4. The maximum atomic E-state index is 11.6. The minimum absolute atomic E-state index is 0.435. The van der Waals surface area contributed by atoms with Crippen LogP contribution in [0.4, 0.5) is 0 Å². The number of primary amides is 1. The minimum atomic E-state index is -0.571. The van der Waals surface area contributed by atoms with Crippen molar-refractivity contribution in [2.75, 3.05) is 0 Å². The highest BCUT2D eigenvalue weighted by molar-refractivity contribution is 6.30. The fraction of sp³-hybridized carbons (Fsp3) is 0.286. The van der Waals surface area contributed by atoms with Gasteiger partial charge in [-0.25, -0.2) is 4.98 Å². The summed E-state index contributed by atoms with van der Waals surface area (Å²) in [7, 11) is 0. The maximum Gasteiger partial charge on any atom is 0.239 e. The number of benzene rings is 1. The molecule has 20 heavy (non-hydrogen) atoms. The second-order valence-corrected chi connectivity index (χ2v) is 5.10. The summed E-state index contributed by atoms with van der Waals surface area (Å²) in [6.45, 7) is 4.32. The summed E-state index contributed by atoms with van der Waals surface area (Å²) in [6.07, 6.45) is 0. The Bertz CT molecular complexity index is 587. The van der Waals surface area contributed by atoms with Gasteiger partial charge in [-0.3, -0.25) is 10.1 Å². The van der Waals surface area contributed by atoms with Crippen LogP contribution in [0.1, 0.15) is 28.8 Å². The van der Waals surface area contributed by atoms with Gasteiger partial charge in [0.15, 0.2) is 0 Å². The minimum Gasteiger partial charge on any atom is -0.368 e. The van der Waals surface area contributed by atoms with Crippen molar-refractivity contribution < 1.29 is 4.79 Å². The van der Waals surface area contributed by atoms with E-state index in [0.29, 0.717) is 11.6 Å². The van der Waals surface area contributed by atoms with E-state index in [1.165, 1.54) is 0 Å². The molecule has 1 amide bonds. The molecule has 6 heteroatoms. The molecule has 2 rings (SSSR count). The van der Waals surface area contributed by atoms with Gasteiger partial charge >= 0.3 is 0 Å². The van der Waals surface area contributed by atoms with Crippen molar-refractivity contribution in [2.45, 2.75) is 26.4 Å². The summed E-state index contributed by atoms with van der Waals surface area (Å²) < 4.78 is 0. The molecule has 106 valence electrons. The van der Waals surface area contributed by atoms with Gasteiger partial charge < -0.3 is 10.7 Å². The van der Waals surface area contributed by atoms with Gasteiger partial charge in [0, 0.05) is 10.7 Å². The Hall–Kier alpha value is -1.85. The van der Waals surface area contributed by atoms with E-state index >= 15 is 0 Å². The van der Waals surface area contributed by atoms with Crippen LogP contribution in [0.5, 0.6) is 0 Å². The van der Waals surface area contributed by atoms with Crippen LogP contribution in [0.3, 0.4) is 0 Å². The zero-order valence-corrected chi connectivity index (χ0v) is 12.2. The fourth-order valence-electron chi connectivity index (χ4n) is 1.94. The average Bonchev–Trinajstić information content (AvgIpc) is 2.71. The lowest BCUT2D eigenvalue weighted by molar-refractivity contribution is -0.120. The van der Waals surface area contributed by atoms with Crippen LogP contribution in [-0.4, -0.2) is 15.9 Å². The monoisotopic (exact) mass is 292 g/mol. The number of carbonyl (C=O) groups excluding carboxylic acids is 1. The number of aromatic amines is 1. The number of nitrogens with zero attached hydrogens (tertiary/aromatic N) is 1. The average molecular weight is 293 g/mol. The normalized spacial score (nSPS) is 12.3. The molecular weight excluding hydrogens is 276 g/mol. The van der Waals surface area contributed by atoms with Crippen molar-refractivity contribution in [3.63, 3.8) is 0 Å². The smallest absolute Gasteiger partial charge is 0.239 e. The van der Waals surface area contributed by atoms with Crippen molar-refractivity contribution in [1.82, 2.24) is 15.3 Å². The summed E-state index contributed by atoms with van der Waals surface area (Å²) in [5, 5.41) is 3.72. The molecule has 0 saturated carbocycles. The molecule has 1 heterocycles. The summed E-state index contributed by atoms with van der Waals surface area (Å²) in [4.78, 5) is 19.1. The number of rotatable bonds is 5. The molecule has 1 aromatic heterocycles. The fourth-order valence-corrected chi connectivity index (χ4v) is 2.07. The van der Waals surface area contributed by atoms with Crippen LogP contribution in [0.15, 0.2) is 24.3 Å². The van der Waals surface area contributed by atoms with Gasteiger partial charge in [-0.15, -0.1) is 0 Å². The number of hydrogen-bond acceptors (Lipinski definition) is 3. The number of amides is 1. The van der Waals surface area contributed by atoms with Gasteiger partial charge in [-0.2, -0.15) is 0 Å². The number of H-pyrrole nitrogens is 1. The molecule has 0 aliphatic heterocycles. The lowest BCUT2D eigenvalue weighted by Crippen LogP contribution is -2.33. The molecule has 0 bridgehead atoms. The van der Waals surface area contributed by atoms with E-state index in [1.54, 1.807) is 24.3 Å². The van der Waals surface area contributed by atoms with E-state index in [-0.39, 0.29) is 0 Å². The van der Waals surface area contributed by atoms with Crippen molar-refractivity contribution in [3.8, 4) is 0 Å². The first-order valence-corrected chi connectivity index (χ1v) is 6.65. The topological polar surface area (TPSA) is 83.8 Å². The Morgan fingerprint density at radius 3 is 2.55 bits per heavy atom. The Balaban J connectivity index is 2.10. The number of imidazole rings is 1. The maximum absolute atomic E-state index is 11.6. The second kappa shape index (κ2) is 6.07. The molecule has 0 aliphatic rings. The number of halogens is 1. The molecule has 0 spiro atoms. The number of aromatic nitrogens is 2. The molecule has 1 unspecified atom stereocenters. The highest BCUT2D eigenvalue weighted by Crippen LogP contribution is 2.17. The van der Waals surface area contributed by atoms with Crippen molar-refractivity contribution in [1.29, 1.82) is 0 Å². The van der Waals surface area contributed by atoms with Gasteiger partial charge in [0.05, 0.1) is 12.2 Å². The van der Waals surface area contributed by atoms with Gasteiger partial charge in [-0.05, 0) is 31.5 Å². The Morgan fingerprint density at radius 2 is 2.05 bits per heavy atom. The third kappa shape index (κ3) is 3.37. The summed E-state index contributed by atoms with van der Waals surface area (Å²) in [6, 6.07) is 6.45. The van der Waals surface area contributed by atoms with Crippen LogP contribution in [0, 0.1) is 13.8 Å². The molecule has 0 aliphatic carbocycles. The largest absolute Gasteiger partial charge is 0.368 e. The van der Waals surface area contributed by atoms with E-state index in [1.807, 2.05) is 13.8 Å². The van der Waals surface area contributed by atoms with Gasteiger partial charge in [0.2, 0.25) is 5.91 Å². The number of hydrogen-bond donors (Lipinski definition) is 3. The molecule has 2 aromatic rings. The molecule has 5 nitrogen and oxygen atoms in total. The molecule has 1 atom stereocenters. The lowest BCUT2D eigenvalue weighted by atomic mass is 10.1. The molecule has 0 saturated heterocycles. The van der Waals surface area contributed by atoms with Crippen molar-refractivity contribution >= 4 is 17.5 Å². The van der Waals surface area contributed by atoms with Crippen LogP contribution < -0.4 is 11.1 Å². The van der Waals surface area contributed by atoms with Crippen molar-refractivity contribution in [3.05, 3.63) is 52.1 Å². The van der Waals surface area contributed by atoms with E-state index in [9.17, 15) is 4.79 Å². The molecular formula is C14H17ClN4O. The summed E-state index contributed by atoms with van der Waals surface area (Å²) >= 11 is 5.84. The van der Waals surface area contributed by atoms with Crippen LogP contribution in [-0.2, 0) is 11.3 Å². The Kier molecular flexibility index (Phi) is 4.42. The highest BCUT2D eigenvalue weighted by Gasteiger charge is 2.17. The first-order chi connectivity index (χ1) is 9.47. The third-order valence-electron chi connectivity index (χ3n) is 3.14. The predicted molar refractivity (Wildman–Crippen MR) is 78.3 cm³/mol. The summed E-state index contributed by atoms with van der Waals surface area (Å²) in [5.41, 5.74) is 8.19. The van der Waals surface area contributed by atoms with Gasteiger partial charge in [0.25, 0.3) is 0 Å². The number of carbonyl (C=O) groups is 1. The van der Waals surface area contributed by atoms with Gasteiger partial charge in [-0.1, -0.05) is 23.7 Å². The molecule has 0 radical (unpaired) electrons. The van der Waals surface area contributed by atoms with Crippen LogP contribution >= 0.6 is 11.6 Å². The zero-order chi connectivity index (χ0) is 14.7. The number of nitrogens with one attached hydrogen (secondary N) is 2. The van der Waals surface area contributed by atoms with Crippen molar-refractivity contribution in [2.24, 2.45) is 5.73 Å². The van der Waals surface area contributed by atoms with Gasteiger partial charge in [0.1, 0.15) is 11.9 Å². The number of aryl methyl sites for hydroxylation is 2. The summed E-state index contributed by atoms with van der Waals surface area (Å²) in [5.74, 6) is 0.340. The third-order valence-corrected chi connectivity index (χ3v) is 3.39. The van der Waals surface area contributed by atoms with E-state index < -0.39 is 11.9 Å². The van der Waals surface area contributed by atoms with E-state index in [2.05, 4.69) is 15.3 Å². The Labute approximate surface area is 122 Å². The first kappa shape index (κ1) is 14.6. The van der Waals surface area contributed by atoms with E-state index in [4.69, 9.17) is 17.3 Å². The highest BCUT2D eigenvalue weighted by atomic mass is 35.5. The molecule has 1 aromatic carbocycles. The van der Waals surface area contributed by atoms with Crippen LogP contribution in [0.25, 0.3) is 0 Å². The molecule has 0 fully saturated rings. The Morgan fingerprint density at radius 1 is 1.40 bits per heavy atom. The van der Waals surface area contributed by atoms with E-state index in [0.717, 1.165) is 22.8 Å². The number of nitrogens with two attached hydrogens (primary N) is 1. The SMILES string of the molecule is Cc1nc(CNC(C(N)=O)c2ccc(Cl)cc2)[nH]c1C. The quantitative estimate of drug-likeness (QED) is 0.788. The predicted octanol–water partition coefficient (Wildman–Crippen LogP) is 2.00. The standard InChI is InChI=1S/C14H17ClN4O/c1-8-9(2)19-12(18-8)7-17-13(14(16)20)10-3-5-11(15)6-4-10/h3-6,13,17H,7H2,1-2H3,(H2,16,20)(H,18,19). The second-order valence-electron chi connectivity index (χ2n) is 4.66. The molecule has 4 N–H and O–H groups in total. The van der Waals surface area contributed by atoms with Crippen LogP contribution in [0.2, 0.25) is 5.02 Å². The first-order valence-electron chi connectivity index (χ1n) is 6.27. The lowest BCUT2D eigenvalue weighted by Gasteiger charge is -2.15.